The molecule has 11 nitrogen and oxygen atoms in total. The minimum Gasteiger partial charge on any atom is -0.480 e. The summed E-state index contributed by atoms with van der Waals surface area (Å²) in [5, 5.41) is 26.0. The van der Waals surface area contributed by atoms with E-state index < -0.39 is 40.5 Å². The second-order valence-corrected chi connectivity index (χ2v) is 12.2. The smallest absolute Gasteiger partial charge is 0.480 e. The van der Waals surface area contributed by atoms with Crippen LogP contribution in [0.4, 0.5) is 18.9 Å². The molecule has 0 radical (unpaired) electrons. The number of carboxylic acids is 2. The highest BCUT2D eigenvalue weighted by Gasteiger charge is 2.38. The molecule has 3 rings (SSSR count). The number of hydrogen-bond acceptors (Lipinski definition) is 9. The van der Waals surface area contributed by atoms with Gasteiger partial charge in [0.2, 0.25) is 15.7 Å². The van der Waals surface area contributed by atoms with E-state index in [4.69, 9.17) is 30.9 Å². The van der Waals surface area contributed by atoms with Crippen LogP contribution in [0.25, 0.3) is 11.1 Å². The predicted molar refractivity (Wildman–Crippen MR) is 150 cm³/mol. The van der Waals surface area contributed by atoms with Crippen molar-refractivity contribution >= 4 is 62.3 Å². The third-order valence-electron chi connectivity index (χ3n) is 5.07. The lowest BCUT2D eigenvalue weighted by Gasteiger charge is -2.12. The first kappa shape index (κ1) is 34.3. The Bertz CT molecular complexity index is 1610. The molecule has 1 amide bonds. The number of alkyl halides is 3. The van der Waals surface area contributed by atoms with Crippen molar-refractivity contribution in [3.8, 4) is 11.1 Å². The fourth-order valence-corrected chi connectivity index (χ4v) is 7.17. The van der Waals surface area contributed by atoms with Crippen LogP contribution >= 0.6 is 23.1 Å². The molecule has 3 aromatic rings. The van der Waals surface area contributed by atoms with Gasteiger partial charge in [0.05, 0.1) is 18.9 Å². The van der Waals surface area contributed by atoms with Gasteiger partial charge in [-0.15, -0.1) is 23.1 Å². The Balaban J connectivity index is 0.000000782. The number of thioether (sulfide) groups is 1. The van der Waals surface area contributed by atoms with Gasteiger partial charge >= 0.3 is 18.1 Å². The summed E-state index contributed by atoms with van der Waals surface area (Å²) in [5.74, 6) is -4.59. The summed E-state index contributed by atoms with van der Waals surface area (Å²) in [7, 11) is -3.85. The number of carbonyl (C=O) groups is 3. The summed E-state index contributed by atoms with van der Waals surface area (Å²) < 4.78 is 63.9. The number of amides is 1. The Hall–Kier alpha value is -3.93. The van der Waals surface area contributed by atoms with Gasteiger partial charge < -0.3 is 26.0 Å². The number of aryl methyl sites for hydroxylation is 1. The first-order valence-electron chi connectivity index (χ1n) is 11.3. The Morgan fingerprint density at radius 2 is 1.74 bits per heavy atom. The minimum absolute atomic E-state index is 0.116. The molecule has 0 atom stereocenters. The first-order chi connectivity index (χ1) is 19.5. The number of amidine groups is 1. The van der Waals surface area contributed by atoms with Crippen molar-refractivity contribution < 1.29 is 50.9 Å². The number of sulfone groups is 1. The second-order valence-electron chi connectivity index (χ2n) is 8.18. The molecular weight excluding hydrogens is 623 g/mol. The highest BCUT2D eigenvalue weighted by molar-refractivity contribution is 8.01. The summed E-state index contributed by atoms with van der Waals surface area (Å²) in [6, 6.07) is 13.2. The fraction of sp³-hybridized carbons (Fsp3) is 0.200. The Morgan fingerprint density at radius 1 is 1.10 bits per heavy atom. The number of carboxylic acid groups (broad SMARTS) is 2. The number of benzene rings is 2. The molecule has 0 fully saturated rings. The largest absolute Gasteiger partial charge is 0.490 e. The molecule has 6 N–H and O–H groups in total. The lowest BCUT2D eigenvalue weighted by molar-refractivity contribution is -0.192. The van der Waals surface area contributed by atoms with Crippen LogP contribution in [-0.4, -0.2) is 68.0 Å². The molecule has 0 saturated heterocycles. The van der Waals surface area contributed by atoms with Gasteiger partial charge in [0, 0.05) is 5.69 Å². The molecule has 0 aliphatic rings. The third kappa shape index (κ3) is 9.30. The van der Waals surface area contributed by atoms with E-state index >= 15 is 0 Å². The minimum atomic E-state index is -5.08. The van der Waals surface area contributed by atoms with E-state index in [0.29, 0.717) is 20.3 Å². The normalized spacial score (nSPS) is 11.3. The Labute approximate surface area is 245 Å². The van der Waals surface area contributed by atoms with E-state index in [1.165, 1.54) is 35.2 Å². The lowest BCUT2D eigenvalue weighted by Crippen LogP contribution is -2.21. The number of rotatable bonds is 10. The molecule has 0 bridgehead atoms. The molecule has 17 heteroatoms. The number of anilines is 1. The number of ether oxygens (including phenoxy) is 1. The maximum atomic E-state index is 13.4. The number of nitrogens with two attached hydrogens (primary N) is 1. The number of aliphatic carboxylic acids is 2. The summed E-state index contributed by atoms with van der Waals surface area (Å²) in [6.45, 7) is 0.875. The zero-order chi connectivity index (χ0) is 31.8. The van der Waals surface area contributed by atoms with Gasteiger partial charge in [0.15, 0.2) is 0 Å². The molecule has 0 spiro atoms. The van der Waals surface area contributed by atoms with Crippen LogP contribution < -0.4 is 11.1 Å². The zero-order valence-corrected chi connectivity index (χ0v) is 24.3. The van der Waals surface area contributed by atoms with Gasteiger partial charge in [-0.05, 0) is 60.2 Å². The van der Waals surface area contributed by atoms with Gasteiger partial charge in [-0.25, -0.2) is 18.0 Å². The van der Waals surface area contributed by atoms with E-state index in [2.05, 4.69) is 5.32 Å². The molecule has 1 aromatic heterocycles. The monoisotopic (exact) mass is 647 g/mol. The summed E-state index contributed by atoms with van der Waals surface area (Å²) in [4.78, 5) is 31.9. The molecule has 1 heterocycles. The van der Waals surface area contributed by atoms with E-state index in [1.54, 1.807) is 42.7 Å². The zero-order valence-electron chi connectivity index (χ0n) is 21.8. The molecule has 0 unspecified atom stereocenters. The second kappa shape index (κ2) is 14.3. The molecule has 0 aliphatic carbocycles. The van der Waals surface area contributed by atoms with Crippen molar-refractivity contribution in [2.45, 2.75) is 27.1 Å². The van der Waals surface area contributed by atoms with Crippen LogP contribution in [-0.2, 0) is 29.0 Å². The number of thiophene rings is 1. The molecular formula is C25H24F3N3O8S3. The van der Waals surface area contributed by atoms with Crippen LogP contribution in [0.5, 0.6) is 0 Å². The number of halogens is 3. The highest BCUT2D eigenvalue weighted by Crippen LogP contribution is 2.38. The summed E-state index contributed by atoms with van der Waals surface area (Å²) in [5.41, 5.74) is 8.31. The number of hydrogen-bond donors (Lipinski definition) is 5. The van der Waals surface area contributed by atoms with Crippen molar-refractivity contribution in [2.75, 3.05) is 24.8 Å². The average Bonchev–Trinajstić information content (AvgIpc) is 3.34. The van der Waals surface area contributed by atoms with Crippen LogP contribution in [0.1, 0.15) is 10.4 Å². The number of nitrogen functional groups attached to an aromatic ring is 1. The van der Waals surface area contributed by atoms with E-state index in [1.807, 2.05) is 6.92 Å². The maximum absolute atomic E-state index is 13.4. The van der Waals surface area contributed by atoms with Crippen molar-refractivity contribution in [1.82, 2.24) is 0 Å². The third-order valence-corrected chi connectivity index (χ3v) is 9.41. The van der Waals surface area contributed by atoms with Crippen molar-refractivity contribution in [1.29, 1.82) is 5.41 Å². The van der Waals surface area contributed by atoms with Crippen molar-refractivity contribution in [3.05, 3.63) is 59.0 Å². The highest BCUT2D eigenvalue weighted by atomic mass is 32.2. The molecule has 0 aliphatic heterocycles. The van der Waals surface area contributed by atoms with Gasteiger partial charge in [-0.2, -0.15) is 13.2 Å². The number of nitrogens with one attached hydrogen (secondary N) is 2. The van der Waals surface area contributed by atoms with Crippen molar-refractivity contribution in [3.63, 3.8) is 0 Å². The molecule has 0 saturated carbocycles. The Kier molecular flexibility index (Phi) is 11.7. The van der Waals surface area contributed by atoms with Crippen molar-refractivity contribution in [2.24, 2.45) is 5.73 Å². The van der Waals surface area contributed by atoms with Gasteiger partial charge in [0.1, 0.15) is 19.0 Å². The van der Waals surface area contributed by atoms with E-state index in [0.717, 1.165) is 11.1 Å². The maximum Gasteiger partial charge on any atom is 0.490 e. The predicted octanol–water partition coefficient (Wildman–Crippen LogP) is 4.24. The Morgan fingerprint density at radius 3 is 2.26 bits per heavy atom. The standard InChI is InChI=1S/C23H23N3O6S3.C2HF3O2/c1-13-8-15(26-20(27)11-32-12-21(28)29)6-7-17(13)14-4-3-5-16(9-14)35(30,31)19-10-18(22(24)25)34-23(19)33-2;3-2(4,5)1(6)7/h3-10H,11-12H2,1-2H3,(H3,24,25)(H,26,27)(H,28,29);(H,6,7). The van der Waals surface area contributed by atoms with Crippen LogP contribution in [0.15, 0.2) is 62.5 Å². The molecule has 226 valence electrons. The summed E-state index contributed by atoms with van der Waals surface area (Å²) in [6.07, 6.45) is -3.31. The van der Waals surface area contributed by atoms with Crippen LogP contribution in [0, 0.1) is 12.3 Å². The van der Waals surface area contributed by atoms with Gasteiger partial charge in [-0.3, -0.25) is 10.2 Å². The van der Waals surface area contributed by atoms with Gasteiger partial charge in [0.25, 0.3) is 0 Å². The van der Waals surface area contributed by atoms with Gasteiger partial charge in [-0.1, -0.05) is 18.2 Å². The summed E-state index contributed by atoms with van der Waals surface area (Å²) >= 11 is 2.45. The SMILES string of the molecule is CSc1sc(C(=N)N)cc1S(=O)(=O)c1cccc(-c2ccc(NC(=O)COCC(=O)O)cc2C)c1.O=C(O)C(F)(F)F. The van der Waals surface area contributed by atoms with E-state index in [-0.39, 0.29) is 22.2 Å². The van der Waals surface area contributed by atoms with E-state index in [9.17, 15) is 31.2 Å². The first-order valence-corrected chi connectivity index (χ1v) is 14.9. The van der Waals surface area contributed by atoms with Crippen LogP contribution in [0.2, 0.25) is 0 Å². The van der Waals surface area contributed by atoms with Crippen LogP contribution in [0.3, 0.4) is 0 Å². The average molecular weight is 648 g/mol. The molecule has 42 heavy (non-hydrogen) atoms. The fourth-order valence-electron chi connectivity index (χ4n) is 3.27. The quantitative estimate of drug-likeness (QED) is 0.121. The molecule has 2 aromatic carbocycles. The topological polar surface area (TPSA) is 197 Å². The lowest BCUT2D eigenvalue weighted by atomic mass is 10.00. The number of carbonyl (C=O) groups excluding carboxylic acids is 1.